The molecule has 11 heteroatoms. The summed E-state index contributed by atoms with van der Waals surface area (Å²) in [5.41, 5.74) is -0.350. The number of thioether (sulfide) groups is 1. The van der Waals surface area contributed by atoms with E-state index in [1.54, 1.807) is 0 Å². The number of hydrogen-bond acceptors (Lipinski definition) is 6. The Bertz CT molecular complexity index is 819. The van der Waals surface area contributed by atoms with Crippen molar-refractivity contribution in [3.63, 3.8) is 0 Å². The third-order valence-corrected chi connectivity index (χ3v) is 4.24. The minimum Gasteiger partial charge on any atom is -0.324 e. The van der Waals surface area contributed by atoms with Crippen LogP contribution in [0.1, 0.15) is 13.3 Å². The van der Waals surface area contributed by atoms with Crippen LogP contribution in [-0.2, 0) is 11.3 Å². The lowest BCUT2D eigenvalue weighted by Gasteiger charge is -2.07. The van der Waals surface area contributed by atoms with Gasteiger partial charge in [0.15, 0.2) is 5.16 Å². The van der Waals surface area contributed by atoms with Crippen LogP contribution in [0.25, 0.3) is 0 Å². The van der Waals surface area contributed by atoms with Crippen molar-refractivity contribution >= 4 is 40.6 Å². The summed E-state index contributed by atoms with van der Waals surface area (Å²) in [4.78, 5) is 33.8. The number of aromatic amines is 1. The van der Waals surface area contributed by atoms with Gasteiger partial charge in [0.2, 0.25) is 5.91 Å². The third kappa shape index (κ3) is 4.36. The highest BCUT2D eigenvalue weighted by Gasteiger charge is 2.14. The van der Waals surface area contributed by atoms with Gasteiger partial charge in [-0.05, 0) is 12.5 Å². The predicted molar refractivity (Wildman–Crippen MR) is 90.6 cm³/mol. The fourth-order valence-corrected chi connectivity index (χ4v) is 2.81. The number of H-pyrrole nitrogens is 1. The monoisotopic (exact) mass is 371 g/mol. The number of aromatic nitrogens is 3. The van der Waals surface area contributed by atoms with E-state index in [0.717, 1.165) is 18.2 Å². The molecule has 0 aliphatic carbocycles. The number of carbonyl (C=O) groups excluding carboxylic acids is 1. The first kappa shape index (κ1) is 18.0. The van der Waals surface area contributed by atoms with Gasteiger partial charge < -0.3 is 5.32 Å². The number of nitrogens with zero attached hydrogens (tertiary/aromatic N) is 3. The van der Waals surface area contributed by atoms with Crippen molar-refractivity contribution in [3.8, 4) is 0 Å². The summed E-state index contributed by atoms with van der Waals surface area (Å²) in [6.07, 6.45) is 0.752. The number of amides is 1. The molecule has 2 aromatic rings. The Morgan fingerprint density at radius 1 is 1.54 bits per heavy atom. The van der Waals surface area contributed by atoms with E-state index < -0.39 is 10.8 Å². The average Bonchev–Trinajstić information content (AvgIpc) is 2.88. The summed E-state index contributed by atoms with van der Waals surface area (Å²) >= 11 is 7.01. The highest BCUT2D eigenvalue weighted by Crippen LogP contribution is 2.27. The largest absolute Gasteiger partial charge is 0.343 e. The molecule has 0 aliphatic rings. The van der Waals surface area contributed by atoms with Crippen LogP contribution >= 0.6 is 23.4 Å². The first-order valence-electron chi connectivity index (χ1n) is 6.94. The van der Waals surface area contributed by atoms with Crippen molar-refractivity contribution in [1.82, 2.24) is 14.8 Å². The van der Waals surface area contributed by atoms with E-state index in [0.29, 0.717) is 11.7 Å². The van der Waals surface area contributed by atoms with Gasteiger partial charge in [0, 0.05) is 18.7 Å². The van der Waals surface area contributed by atoms with Gasteiger partial charge >= 0.3 is 5.69 Å². The van der Waals surface area contributed by atoms with E-state index in [1.807, 2.05) is 6.92 Å². The van der Waals surface area contributed by atoms with Crippen molar-refractivity contribution in [2.24, 2.45) is 0 Å². The quantitative estimate of drug-likeness (QED) is 0.437. The SMILES string of the molecule is CCCn1c(SCC(=O)Nc2cc([N+](=O)[O-])ccc2Cl)n[nH]c1=O. The number of nitrogens with one attached hydrogen (secondary N) is 2. The number of nitro groups is 1. The number of halogens is 1. The van der Waals surface area contributed by atoms with Gasteiger partial charge in [-0.15, -0.1) is 5.10 Å². The van der Waals surface area contributed by atoms with Crippen molar-refractivity contribution in [2.45, 2.75) is 25.0 Å². The van der Waals surface area contributed by atoms with Crippen LogP contribution in [0.3, 0.4) is 0 Å². The van der Waals surface area contributed by atoms with Gasteiger partial charge in [-0.1, -0.05) is 30.3 Å². The lowest BCUT2D eigenvalue weighted by molar-refractivity contribution is -0.384. The van der Waals surface area contributed by atoms with Crippen LogP contribution in [-0.4, -0.2) is 31.3 Å². The molecule has 1 aromatic carbocycles. The number of benzene rings is 1. The van der Waals surface area contributed by atoms with Crippen LogP contribution < -0.4 is 11.0 Å². The molecule has 1 aromatic heterocycles. The number of nitro benzene ring substituents is 1. The molecule has 0 aliphatic heterocycles. The lowest BCUT2D eigenvalue weighted by atomic mass is 10.3. The van der Waals surface area contributed by atoms with Gasteiger partial charge in [0.05, 0.1) is 21.4 Å². The molecule has 0 saturated carbocycles. The van der Waals surface area contributed by atoms with Crippen LogP contribution in [0.4, 0.5) is 11.4 Å². The normalized spacial score (nSPS) is 10.6. The second-order valence-corrected chi connectivity index (χ2v) is 6.07. The first-order chi connectivity index (χ1) is 11.4. The fraction of sp³-hybridized carbons (Fsp3) is 0.308. The Kier molecular flexibility index (Phi) is 5.99. The van der Waals surface area contributed by atoms with Crippen LogP contribution in [0.2, 0.25) is 5.02 Å². The maximum absolute atomic E-state index is 12.0. The molecule has 9 nitrogen and oxygen atoms in total. The van der Waals surface area contributed by atoms with Gasteiger partial charge in [0.25, 0.3) is 5.69 Å². The highest BCUT2D eigenvalue weighted by molar-refractivity contribution is 7.99. The second kappa shape index (κ2) is 7.97. The molecule has 1 heterocycles. The zero-order valence-electron chi connectivity index (χ0n) is 12.6. The number of hydrogen-bond donors (Lipinski definition) is 2. The van der Waals surface area contributed by atoms with E-state index in [-0.39, 0.29) is 27.8 Å². The van der Waals surface area contributed by atoms with E-state index in [1.165, 1.54) is 22.8 Å². The van der Waals surface area contributed by atoms with Gasteiger partial charge in [-0.3, -0.25) is 19.5 Å². The van der Waals surface area contributed by atoms with Gasteiger partial charge in [-0.2, -0.15) is 0 Å². The van der Waals surface area contributed by atoms with E-state index in [4.69, 9.17) is 11.6 Å². The van der Waals surface area contributed by atoms with Crippen LogP contribution in [0.5, 0.6) is 0 Å². The molecule has 0 fully saturated rings. The molecule has 128 valence electrons. The van der Waals surface area contributed by atoms with E-state index >= 15 is 0 Å². The molecule has 0 radical (unpaired) electrons. The lowest BCUT2D eigenvalue weighted by Crippen LogP contribution is -2.18. The summed E-state index contributed by atoms with van der Waals surface area (Å²) in [6, 6.07) is 3.78. The Hall–Kier alpha value is -2.33. The van der Waals surface area contributed by atoms with Crippen LogP contribution in [0, 0.1) is 10.1 Å². The number of non-ortho nitro benzene ring substituents is 1. The molecule has 0 saturated heterocycles. The summed E-state index contributed by atoms with van der Waals surface area (Å²) in [7, 11) is 0. The molecular formula is C13H14ClN5O4S. The Labute approximate surface area is 145 Å². The minimum absolute atomic E-state index is 0.0208. The third-order valence-electron chi connectivity index (χ3n) is 2.94. The number of carbonyl (C=O) groups is 1. The summed E-state index contributed by atoms with van der Waals surface area (Å²) < 4.78 is 1.44. The molecule has 24 heavy (non-hydrogen) atoms. The molecule has 2 rings (SSSR count). The summed E-state index contributed by atoms with van der Waals surface area (Å²) in [5, 5.41) is 20.1. The molecule has 2 N–H and O–H groups in total. The topological polar surface area (TPSA) is 123 Å². The average molecular weight is 372 g/mol. The summed E-state index contributed by atoms with van der Waals surface area (Å²) in [5.74, 6) is -0.437. The molecule has 0 bridgehead atoms. The zero-order chi connectivity index (χ0) is 17.7. The Morgan fingerprint density at radius 2 is 2.29 bits per heavy atom. The summed E-state index contributed by atoms with van der Waals surface area (Å²) in [6.45, 7) is 2.42. The Balaban J connectivity index is 2.03. The maximum Gasteiger partial charge on any atom is 0.343 e. The van der Waals surface area contributed by atoms with Gasteiger partial charge in [0.1, 0.15) is 0 Å². The smallest absolute Gasteiger partial charge is 0.324 e. The molecule has 0 unspecified atom stereocenters. The minimum atomic E-state index is -0.575. The van der Waals surface area contributed by atoms with Crippen LogP contribution in [0.15, 0.2) is 28.2 Å². The molecular weight excluding hydrogens is 358 g/mol. The number of rotatable bonds is 7. The predicted octanol–water partition coefficient (Wildman–Crippen LogP) is 2.27. The first-order valence-corrected chi connectivity index (χ1v) is 8.30. The van der Waals surface area contributed by atoms with Crippen molar-refractivity contribution in [3.05, 3.63) is 43.8 Å². The van der Waals surface area contributed by atoms with Crippen molar-refractivity contribution < 1.29 is 9.72 Å². The zero-order valence-corrected chi connectivity index (χ0v) is 14.2. The molecule has 0 spiro atoms. The fourth-order valence-electron chi connectivity index (χ4n) is 1.87. The highest BCUT2D eigenvalue weighted by atomic mass is 35.5. The van der Waals surface area contributed by atoms with E-state index in [9.17, 15) is 19.7 Å². The standard InChI is InChI=1S/C13H14ClN5O4S/c1-2-5-18-12(21)16-17-13(18)24-7-11(20)15-10-6-8(19(22)23)3-4-9(10)14/h3-4,6H,2,5,7H2,1H3,(H,15,20)(H,16,21). The van der Waals surface area contributed by atoms with Crippen molar-refractivity contribution in [1.29, 1.82) is 0 Å². The number of anilines is 1. The molecule has 1 amide bonds. The second-order valence-electron chi connectivity index (χ2n) is 4.72. The maximum atomic E-state index is 12.0. The van der Waals surface area contributed by atoms with Gasteiger partial charge in [-0.25, -0.2) is 9.89 Å². The molecule has 0 atom stereocenters. The van der Waals surface area contributed by atoms with Crippen molar-refractivity contribution in [2.75, 3.05) is 11.1 Å². The van der Waals surface area contributed by atoms with E-state index in [2.05, 4.69) is 15.5 Å². The Morgan fingerprint density at radius 3 is 2.96 bits per heavy atom.